The highest BCUT2D eigenvalue weighted by atomic mass is 33.1. The number of nitrogens with two attached hydrogens (primary N) is 1. The Morgan fingerprint density at radius 2 is 0.864 bits per heavy atom. The van der Waals surface area contributed by atoms with E-state index < -0.39 is 24.0 Å². The third-order valence-electron chi connectivity index (χ3n) is 7.70. The molecule has 0 fully saturated rings. The molecule has 258 valence electrons. The van der Waals surface area contributed by atoms with Crippen LogP contribution in [0.2, 0.25) is 0 Å². The average molecular weight is 662 g/mol. The van der Waals surface area contributed by atoms with Crippen molar-refractivity contribution in [2.24, 2.45) is 5.73 Å². The second-order valence-electron chi connectivity index (χ2n) is 11.8. The molecule has 0 spiro atoms. The van der Waals surface area contributed by atoms with Gasteiger partial charge in [-0.1, -0.05) is 131 Å². The van der Waals surface area contributed by atoms with Crippen molar-refractivity contribution in [2.75, 3.05) is 18.1 Å². The number of aliphatic carboxylic acids is 2. The Morgan fingerprint density at radius 1 is 0.545 bits per heavy atom. The molecule has 2 amide bonds. The Kier molecular flexibility index (Phi) is 30.5. The van der Waals surface area contributed by atoms with Gasteiger partial charge in [-0.2, -0.15) is 0 Å². The van der Waals surface area contributed by atoms with E-state index in [1.54, 1.807) is 0 Å². The third kappa shape index (κ3) is 28.0. The van der Waals surface area contributed by atoms with Gasteiger partial charge in [-0.05, 0) is 38.6 Å². The Labute approximate surface area is 275 Å². The van der Waals surface area contributed by atoms with Crippen molar-refractivity contribution in [1.82, 2.24) is 10.6 Å². The summed E-state index contributed by atoms with van der Waals surface area (Å²) in [5, 5.41) is 24.1. The minimum Gasteiger partial charge on any atom is -0.480 e. The zero-order valence-corrected chi connectivity index (χ0v) is 29.1. The maximum Gasteiger partial charge on any atom is 0.326 e. The second-order valence-corrected chi connectivity index (χ2v) is 14.5. The van der Waals surface area contributed by atoms with Crippen LogP contribution in [0.3, 0.4) is 0 Å². The lowest BCUT2D eigenvalue weighted by Gasteiger charge is -2.15. The first kappa shape index (κ1) is 42.5. The number of carboxylic acid groups (broad SMARTS) is 2. The number of hydrogen-bond acceptors (Lipinski definition) is 7. The minimum atomic E-state index is -1.05. The van der Waals surface area contributed by atoms with E-state index in [1.165, 1.54) is 98.6 Å². The van der Waals surface area contributed by atoms with Crippen LogP contribution in [0.25, 0.3) is 0 Å². The molecular weight excluding hydrogens is 599 g/mol. The molecule has 0 aliphatic heterocycles. The molecule has 9 nitrogen and oxygen atoms in total. The number of nitrogens with one attached hydrogen (secondary N) is 2. The van der Waals surface area contributed by atoms with Crippen LogP contribution in [0.1, 0.15) is 155 Å². The summed E-state index contributed by atoms with van der Waals surface area (Å²) >= 11 is 0. The average Bonchev–Trinajstić information content (AvgIpc) is 2.99. The van der Waals surface area contributed by atoms with Gasteiger partial charge < -0.3 is 26.6 Å². The minimum absolute atomic E-state index is 0.218. The zero-order valence-electron chi connectivity index (χ0n) is 27.5. The molecule has 0 aliphatic carbocycles. The fourth-order valence-corrected chi connectivity index (χ4v) is 7.12. The van der Waals surface area contributed by atoms with Gasteiger partial charge in [-0.15, -0.1) is 0 Å². The topological polar surface area (TPSA) is 159 Å². The Balaban J connectivity index is 3.79. The smallest absolute Gasteiger partial charge is 0.326 e. The molecule has 2 atom stereocenters. The third-order valence-corrected chi connectivity index (χ3v) is 10.2. The first-order chi connectivity index (χ1) is 21.3. The maximum absolute atomic E-state index is 12.3. The van der Waals surface area contributed by atoms with E-state index in [-0.39, 0.29) is 11.8 Å². The molecule has 0 rings (SSSR count). The van der Waals surface area contributed by atoms with Crippen molar-refractivity contribution in [3.8, 4) is 0 Å². The molecule has 11 heteroatoms. The molecule has 0 aromatic carbocycles. The lowest BCUT2D eigenvalue weighted by molar-refractivity contribution is -0.142. The summed E-state index contributed by atoms with van der Waals surface area (Å²) in [6.07, 6.45) is 23.7. The molecule has 0 heterocycles. The molecule has 0 saturated heterocycles. The van der Waals surface area contributed by atoms with Crippen molar-refractivity contribution in [3.63, 3.8) is 0 Å². The van der Waals surface area contributed by atoms with E-state index in [2.05, 4.69) is 10.6 Å². The first-order valence-corrected chi connectivity index (χ1v) is 19.8. The number of rotatable bonds is 33. The lowest BCUT2D eigenvalue weighted by atomic mass is 10.0. The molecule has 0 aromatic heterocycles. The monoisotopic (exact) mass is 661 g/mol. The molecule has 44 heavy (non-hydrogen) atoms. The number of carbonyl (C=O) groups excluding carboxylic acids is 2. The molecule has 0 aromatic rings. The maximum atomic E-state index is 12.3. The van der Waals surface area contributed by atoms with E-state index >= 15 is 0 Å². The van der Waals surface area contributed by atoms with E-state index in [9.17, 15) is 29.4 Å². The molecule has 6 N–H and O–H groups in total. The summed E-state index contributed by atoms with van der Waals surface area (Å²) < 4.78 is 0. The van der Waals surface area contributed by atoms with Gasteiger partial charge in [-0.3, -0.25) is 9.59 Å². The van der Waals surface area contributed by atoms with Crippen LogP contribution < -0.4 is 16.4 Å². The van der Waals surface area contributed by atoms with Crippen molar-refractivity contribution < 1.29 is 29.4 Å². The SMILES string of the molecule is CCCCCC(=O)NC(CCSSCCC(NC(=O)CCCCCCCCCCCCCCCCCCN)C(=O)O)C(=O)O. The zero-order chi connectivity index (χ0) is 32.7. The molecular formula is C33H63N3O6S2. The van der Waals surface area contributed by atoms with Gasteiger partial charge in [0, 0.05) is 24.3 Å². The lowest BCUT2D eigenvalue weighted by Crippen LogP contribution is -2.41. The number of carboxylic acids is 2. The van der Waals surface area contributed by atoms with Gasteiger partial charge in [0.15, 0.2) is 0 Å². The van der Waals surface area contributed by atoms with Gasteiger partial charge in [0.1, 0.15) is 12.1 Å². The summed E-state index contributed by atoms with van der Waals surface area (Å²) in [7, 11) is 2.90. The predicted octanol–water partition coefficient (Wildman–Crippen LogP) is 7.46. The van der Waals surface area contributed by atoms with Crippen LogP contribution in [0.4, 0.5) is 0 Å². The molecule has 0 saturated carbocycles. The standard InChI is InChI=1S/C33H63N3O6S2/c1-2-3-18-21-30(37)35-28(32(39)40)23-26-43-44-27-24-29(33(41)42)36-31(38)22-19-16-14-12-10-8-6-4-5-7-9-11-13-15-17-20-25-34/h28-29H,2-27,34H2,1H3,(H,35,37)(H,36,38)(H,39,40)(H,41,42). The largest absolute Gasteiger partial charge is 0.480 e. The van der Waals surface area contributed by atoms with Crippen LogP contribution >= 0.6 is 21.6 Å². The highest BCUT2D eigenvalue weighted by Gasteiger charge is 2.21. The van der Waals surface area contributed by atoms with Gasteiger partial charge in [0.05, 0.1) is 0 Å². The molecule has 2 unspecified atom stereocenters. The normalized spacial score (nSPS) is 12.5. The Morgan fingerprint density at radius 3 is 1.18 bits per heavy atom. The number of hydrogen-bond donors (Lipinski definition) is 5. The van der Waals surface area contributed by atoms with Crippen molar-refractivity contribution >= 4 is 45.3 Å². The first-order valence-electron chi connectivity index (χ1n) is 17.3. The van der Waals surface area contributed by atoms with E-state index in [4.69, 9.17) is 5.73 Å². The number of carbonyl (C=O) groups is 4. The fourth-order valence-electron chi connectivity index (χ4n) is 4.94. The van der Waals surface area contributed by atoms with Gasteiger partial charge in [0.25, 0.3) is 0 Å². The van der Waals surface area contributed by atoms with Crippen LogP contribution in [0, 0.1) is 0 Å². The summed E-state index contributed by atoms with van der Waals surface area (Å²) in [4.78, 5) is 47.3. The van der Waals surface area contributed by atoms with Gasteiger partial charge in [0.2, 0.25) is 11.8 Å². The Bertz CT molecular complexity index is 744. The fraction of sp³-hybridized carbons (Fsp3) is 0.879. The van der Waals surface area contributed by atoms with Crippen molar-refractivity contribution in [3.05, 3.63) is 0 Å². The van der Waals surface area contributed by atoms with E-state index in [0.717, 1.165) is 51.5 Å². The van der Waals surface area contributed by atoms with Crippen LogP contribution in [0.5, 0.6) is 0 Å². The van der Waals surface area contributed by atoms with Crippen LogP contribution in [-0.4, -0.2) is 64.1 Å². The summed E-state index contributed by atoms with van der Waals surface area (Å²) in [5.41, 5.74) is 5.52. The number of amides is 2. The predicted molar refractivity (Wildman–Crippen MR) is 185 cm³/mol. The molecule has 0 bridgehead atoms. The van der Waals surface area contributed by atoms with Crippen molar-refractivity contribution in [1.29, 1.82) is 0 Å². The van der Waals surface area contributed by atoms with Gasteiger partial charge >= 0.3 is 11.9 Å². The summed E-state index contributed by atoms with van der Waals surface area (Å²) in [5.74, 6) is -1.53. The highest BCUT2D eigenvalue weighted by Crippen LogP contribution is 2.24. The Hall–Kier alpha value is -1.46. The second kappa shape index (κ2) is 31.5. The quantitative estimate of drug-likeness (QED) is 0.0355. The molecule has 0 radical (unpaired) electrons. The van der Waals surface area contributed by atoms with Crippen molar-refractivity contribution in [2.45, 2.75) is 167 Å². The van der Waals surface area contributed by atoms with E-state index in [0.29, 0.717) is 37.2 Å². The van der Waals surface area contributed by atoms with Crippen LogP contribution in [0.15, 0.2) is 0 Å². The summed E-state index contributed by atoms with van der Waals surface area (Å²) in [6, 6.07) is -1.85. The van der Waals surface area contributed by atoms with Gasteiger partial charge in [-0.25, -0.2) is 9.59 Å². The summed E-state index contributed by atoms with van der Waals surface area (Å²) in [6.45, 7) is 2.86. The van der Waals surface area contributed by atoms with Crippen LogP contribution in [-0.2, 0) is 19.2 Å². The molecule has 0 aliphatic rings. The highest BCUT2D eigenvalue weighted by molar-refractivity contribution is 8.76. The number of unbranched alkanes of at least 4 members (excludes halogenated alkanes) is 17. The van der Waals surface area contributed by atoms with E-state index in [1.807, 2.05) is 6.92 Å².